The summed E-state index contributed by atoms with van der Waals surface area (Å²) in [5.41, 5.74) is 7.26. The third-order valence-corrected chi connectivity index (χ3v) is 3.64. The van der Waals surface area contributed by atoms with Crippen LogP contribution in [0.2, 0.25) is 0 Å². The largest absolute Gasteiger partial charge is 0.318 e. The highest BCUT2D eigenvalue weighted by Gasteiger charge is 2.36. The van der Waals surface area contributed by atoms with E-state index in [2.05, 4.69) is 49.8 Å². The molecule has 0 aliphatic carbocycles. The van der Waals surface area contributed by atoms with Gasteiger partial charge in [-0.15, -0.1) is 10.2 Å². The van der Waals surface area contributed by atoms with Gasteiger partial charge in [-0.2, -0.15) is 5.21 Å². The van der Waals surface area contributed by atoms with E-state index in [0.717, 1.165) is 32.5 Å². The molecule has 1 aliphatic heterocycles. The molecule has 1 unspecified atom stereocenters. The third-order valence-electron chi connectivity index (χ3n) is 3.64. The summed E-state index contributed by atoms with van der Waals surface area (Å²) in [6, 6.07) is 10.4. The molecule has 6 nitrogen and oxygen atoms in total. The van der Waals surface area contributed by atoms with Gasteiger partial charge in [-0.05, 0) is 24.9 Å². The summed E-state index contributed by atoms with van der Waals surface area (Å²) in [6.07, 6.45) is 1.95. The van der Waals surface area contributed by atoms with Crippen LogP contribution < -0.4 is 5.73 Å². The van der Waals surface area contributed by atoms with Gasteiger partial charge in [0, 0.05) is 13.1 Å². The van der Waals surface area contributed by atoms with Crippen molar-refractivity contribution in [3.05, 3.63) is 41.7 Å². The van der Waals surface area contributed by atoms with Gasteiger partial charge in [0.15, 0.2) is 5.82 Å². The maximum Gasteiger partial charge on any atom is 0.195 e. The lowest BCUT2D eigenvalue weighted by Gasteiger charge is -2.38. The summed E-state index contributed by atoms with van der Waals surface area (Å²) in [5.74, 6) is 0.616. The van der Waals surface area contributed by atoms with Crippen LogP contribution in [0.3, 0.4) is 0 Å². The molecule has 1 fully saturated rings. The Bertz CT molecular complexity index is 511. The number of H-pyrrole nitrogens is 1. The lowest BCUT2D eigenvalue weighted by atomic mass is 9.89. The molecule has 2 heterocycles. The smallest absolute Gasteiger partial charge is 0.195 e. The molecule has 3 N–H and O–H groups in total. The molecular formula is C13H18N6. The first-order valence-electron chi connectivity index (χ1n) is 6.55. The summed E-state index contributed by atoms with van der Waals surface area (Å²) in [5, 5.41) is 14.2. The fraction of sp³-hybridized carbons (Fsp3) is 0.462. The third kappa shape index (κ3) is 2.64. The van der Waals surface area contributed by atoms with Crippen LogP contribution in [0.15, 0.2) is 30.3 Å². The Balaban J connectivity index is 1.72. The highest BCUT2D eigenvalue weighted by Crippen LogP contribution is 2.26. The highest BCUT2D eigenvalue weighted by atomic mass is 15.5. The molecule has 0 amide bonds. The molecule has 1 atom stereocenters. The number of nitrogens with zero attached hydrogens (tertiary/aromatic N) is 4. The van der Waals surface area contributed by atoms with Crippen LogP contribution in [0.4, 0.5) is 0 Å². The van der Waals surface area contributed by atoms with Gasteiger partial charge in [0.05, 0.1) is 5.54 Å². The zero-order valence-corrected chi connectivity index (χ0v) is 10.8. The second-order valence-electron chi connectivity index (χ2n) is 5.19. The second-order valence-corrected chi connectivity index (χ2v) is 5.19. The molecule has 1 saturated heterocycles. The van der Waals surface area contributed by atoms with Crippen molar-refractivity contribution in [1.82, 2.24) is 25.5 Å². The molecule has 6 heteroatoms. The van der Waals surface area contributed by atoms with E-state index < -0.39 is 5.54 Å². The average Bonchev–Trinajstić information content (AvgIpc) is 2.95. The van der Waals surface area contributed by atoms with Crippen molar-refractivity contribution in [2.75, 3.05) is 13.1 Å². The molecule has 0 bridgehead atoms. The number of likely N-dealkylation sites (tertiary alicyclic amines) is 1. The van der Waals surface area contributed by atoms with E-state index in [4.69, 9.17) is 5.73 Å². The first-order chi connectivity index (χ1) is 9.26. The SMILES string of the molecule is NC1(c2nn[nH]n2)CCCN(Cc2ccccc2)C1. The Morgan fingerprint density at radius 3 is 2.89 bits per heavy atom. The molecule has 2 aromatic rings. The molecule has 0 radical (unpaired) electrons. The van der Waals surface area contributed by atoms with Crippen LogP contribution in [0.1, 0.15) is 24.2 Å². The summed E-state index contributed by atoms with van der Waals surface area (Å²) < 4.78 is 0. The summed E-state index contributed by atoms with van der Waals surface area (Å²) in [6.45, 7) is 2.74. The van der Waals surface area contributed by atoms with Crippen LogP contribution in [0.25, 0.3) is 0 Å². The number of piperidine rings is 1. The standard InChI is InChI=1S/C13H18N6/c14-13(12-15-17-18-16-12)7-4-8-19(10-13)9-11-5-2-1-3-6-11/h1-3,5-6H,4,7-10,14H2,(H,15,16,17,18). The number of tetrazole rings is 1. The molecule has 19 heavy (non-hydrogen) atoms. The first kappa shape index (κ1) is 12.3. The van der Waals surface area contributed by atoms with Crippen LogP contribution >= 0.6 is 0 Å². The Kier molecular flexibility index (Phi) is 3.27. The molecule has 1 aromatic heterocycles. The zero-order chi connectivity index (χ0) is 13.1. The maximum atomic E-state index is 6.44. The maximum absolute atomic E-state index is 6.44. The van der Waals surface area contributed by atoms with E-state index >= 15 is 0 Å². The fourth-order valence-corrected chi connectivity index (χ4v) is 2.71. The van der Waals surface area contributed by atoms with Gasteiger partial charge in [0.25, 0.3) is 0 Å². The van der Waals surface area contributed by atoms with Gasteiger partial charge in [-0.3, -0.25) is 4.90 Å². The Hall–Kier alpha value is -1.79. The van der Waals surface area contributed by atoms with Crippen molar-refractivity contribution in [2.24, 2.45) is 5.73 Å². The van der Waals surface area contributed by atoms with Gasteiger partial charge in [-0.1, -0.05) is 35.5 Å². The van der Waals surface area contributed by atoms with Gasteiger partial charge in [-0.25, -0.2) is 0 Å². The van der Waals surface area contributed by atoms with Crippen molar-refractivity contribution in [3.63, 3.8) is 0 Å². The van der Waals surface area contributed by atoms with E-state index in [1.54, 1.807) is 0 Å². The van der Waals surface area contributed by atoms with Gasteiger partial charge in [0.1, 0.15) is 0 Å². The lowest BCUT2D eigenvalue weighted by molar-refractivity contribution is 0.137. The normalized spacial score (nSPS) is 24.5. The van der Waals surface area contributed by atoms with Gasteiger partial charge in [0.2, 0.25) is 0 Å². The average molecular weight is 258 g/mol. The Labute approximate surface area is 112 Å². The lowest BCUT2D eigenvalue weighted by Crippen LogP contribution is -2.52. The van der Waals surface area contributed by atoms with Crippen molar-refractivity contribution in [1.29, 1.82) is 0 Å². The van der Waals surface area contributed by atoms with Crippen molar-refractivity contribution in [3.8, 4) is 0 Å². The van der Waals surface area contributed by atoms with Crippen LogP contribution in [0.5, 0.6) is 0 Å². The van der Waals surface area contributed by atoms with Crippen molar-refractivity contribution >= 4 is 0 Å². The quantitative estimate of drug-likeness (QED) is 0.844. The van der Waals surface area contributed by atoms with Crippen LogP contribution in [0, 0.1) is 0 Å². The van der Waals surface area contributed by atoms with Crippen molar-refractivity contribution < 1.29 is 0 Å². The predicted octanol–water partition coefficient (Wildman–Crippen LogP) is 0.650. The highest BCUT2D eigenvalue weighted by molar-refractivity contribution is 5.15. The zero-order valence-electron chi connectivity index (χ0n) is 10.8. The van der Waals surface area contributed by atoms with Gasteiger partial charge >= 0.3 is 0 Å². The van der Waals surface area contributed by atoms with E-state index in [0.29, 0.717) is 5.82 Å². The number of hydrogen-bond acceptors (Lipinski definition) is 5. The number of nitrogens with two attached hydrogens (primary N) is 1. The molecule has 1 aliphatic rings. The number of benzene rings is 1. The topological polar surface area (TPSA) is 83.7 Å². The van der Waals surface area contributed by atoms with E-state index in [1.165, 1.54) is 5.56 Å². The number of aromatic nitrogens is 4. The Morgan fingerprint density at radius 1 is 1.32 bits per heavy atom. The molecule has 0 spiro atoms. The monoisotopic (exact) mass is 258 g/mol. The number of rotatable bonds is 3. The summed E-state index contributed by atoms with van der Waals surface area (Å²) in [4.78, 5) is 2.36. The molecular weight excluding hydrogens is 240 g/mol. The van der Waals surface area contributed by atoms with Crippen LogP contribution in [-0.2, 0) is 12.1 Å². The molecule has 100 valence electrons. The number of aromatic amines is 1. The molecule has 0 saturated carbocycles. The minimum absolute atomic E-state index is 0.486. The Morgan fingerprint density at radius 2 is 2.16 bits per heavy atom. The first-order valence-corrected chi connectivity index (χ1v) is 6.55. The number of nitrogens with one attached hydrogen (secondary N) is 1. The van der Waals surface area contributed by atoms with Gasteiger partial charge < -0.3 is 5.73 Å². The molecule has 1 aromatic carbocycles. The second kappa shape index (κ2) is 5.07. The van der Waals surface area contributed by atoms with E-state index in [-0.39, 0.29) is 0 Å². The fourth-order valence-electron chi connectivity index (χ4n) is 2.71. The van der Waals surface area contributed by atoms with Crippen LogP contribution in [-0.4, -0.2) is 38.6 Å². The minimum atomic E-state index is -0.486. The van der Waals surface area contributed by atoms with Crippen molar-refractivity contribution in [2.45, 2.75) is 24.9 Å². The van der Waals surface area contributed by atoms with E-state index in [9.17, 15) is 0 Å². The number of hydrogen-bond donors (Lipinski definition) is 2. The van der Waals surface area contributed by atoms with E-state index in [1.807, 2.05) is 6.07 Å². The molecule has 3 rings (SSSR count). The summed E-state index contributed by atoms with van der Waals surface area (Å²) in [7, 11) is 0. The predicted molar refractivity (Wildman–Crippen MR) is 71.0 cm³/mol. The minimum Gasteiger partial charge on any atom is -0.318 e. The summed E-state index contributed by atoms with van der Waals surface area (Å²) >= 11 is 0.